The summed E-state index contributed by atoms with van der Waals surface area (Å²) in [5.74, 6) is 0.189. The number of rotatable bonds is 4. The summed E-state index contributed by atoms with van der Waals surface area (Å²) in [6.07, 6.45) is 0. The van der Waals surface area contributed by atoms with E-state index >= 15 is 0 Å². The molecule has 0 saturated heterocycles. The van der Waals surface area contributed by atoms with Crippen LogP contribution in [0.25, 0.3) is 0 Å². The summed E-state index contributed by atoms with van der Waals surface area (Å²) in [5, 5.41) is 1.32. The van der Waals surface area contributed by atoms with Crippen molar-refractivity contribution in [2.75, 3.05) is 24.1 Å². The van der Waals surface area contributed by atoms with Crippen LogP contribution in [0.3, 0.4) is 0 Å². The number of halogens is 3. The molecule has 0 spiro atoms. The second-order valence-electron chi connectivity index (χ2n) is 6.33. The third kappa shape index (κ3) is 4.65. The minimum atomic E-state index is -3.27. The summed E-state index contributed by atoms with van der Waals surface area (Å²) >= 11 is 12.6. The maximum Gasteiger partial charge on any atom is 0.232 e. The van der Waals surface area contributed by atoms with Crippen molar-refractivity contribution >= 4 is 51.3 Å². The Morgan fingerprint density at radius 1 is 1.19 bits per heavy atom. The molecule has 1 aliphatic rings. The van der Waals surface area contributed by atoms with Gasteiger partial charge in [0.2, 0.25) is 10.0 Å². The molecule has 2 aromatic rings. The fourth-order valence-electron chi connectivity index (χ4n) is 3.17. The number of nitrogens with zero attached hydrogens (tertiary/aromatic N) is 1. The topological polar surface area (TPSA) is 49.4 Å². The molecule has 0 aliphatic carbocycles. The van der Waals surface area contributed by atoms with Crippen molar-refractivity contribution in [3.05, 3.63) is 63.1 Å². The van der Waals surface area contributed by atoms with Crippen molar-refractivity contribution < 1.29 is 8.42 Å². The van der Waals surface area contributed by atoms with E-state index in [1.54, 1.807) is 25.1 Å². The average molecular weight is 436 g/mol. The van der Waals surface area contributed by atoms with Gasteiger partial charge < -0.3 is 4.90 Å². The van der Waals surface area contributed by atoms with Crippen molar-refractivity contribution in [1.82, 2.24) is 4.90 Å². The number of nitrogens with one attached hydrogen (secondary N) is 1. The quantitative estimate of drug-likeness (QED) is 0.753. The van der Waals surface area contributed by atoms with Gasteiger partial charge in [-0.15, -0.1) is 12.4 Å². The van der Waals surface area contributed by atoms with Crippen molar-refractivity contribution in [2.24, 2.45) is 0 Å². The Bertz CT molecular complexity index is 886. The van der Waals surface area contributed by atoms with Gasteiger partial charge in [0.15, 0.2) is 0 Å². The fraction of sp³-hybridized carbons (Fsp3) is 0.333. The van der Waals surface area contributed by atoms with Crippen LogP contribution in [0.5, 0.6) is 0 Å². The summed E-state index contributed by atoms with van der Waals surface area (Å²) < 4.78 is 25.9. The van der Waals surface area contributed by atoms with Gasteiger partial charge in [-0.05, 0) is 54.9 Å². The molecule has 0 bridgehead atoms. The van der Waals surface area contributed by atoms with E-state index in [2.05, 4.69) is 16.7 Å². The van der Waals surface area contributed by atoms with Gasteiger partial charge in [0.25, 0.3) is 0 Å². The molecule has 0 amide bonds. The van der Waals surface area contributed by atoms with Crippen LogP contribution >= 0.6 is 35.6 Å². The highest BCUT2D eigenvalue weighted by Gasteiger charge is 2.27. The van der Waals surface area contributed by atoms with E-state index in [0.717, 1.165) is 29.8 Å². The third-order valence-corrected chi connectivity index (χ3v) is 6.32. The summed E-state index contributed by atoms with van der Waals surface area (Å²) in [6, 6.07) is 11.3. The van der Waals surface area contributed by atoms with Crippen LogP contribution in [0.2, 0.25) is 10.0 Å². The maximum atomic E-state index is 11.7. The van der Waals surface area contributed by atoms with Gasteiger partial charge in [-0.2, -0.15) is 0 Å². The molecule has 1 N–H and O–H groups in total. The summed E-state index contributed by atoms with van der Waals surface area (Å²) in [6.45, 7) is 3.25. The SMILES string of the molecule is CCS(=O)(=O)Nc1ccc(C2CN(C)Cc3c(Cl)cc(Cl)cc32)cc1.Cl. The molecule has 3 rings (SSSR count). The molecule has 142 valence electrons. The van der Waals surface area contributed by atoms with Crippen molar-refractivity contribution in [2.45, 2.75) is 19.4 Å². The minimum absolute atomic E-state index is 0. The Morgan fingerprint density at radius 2 is 1.85 bits per heavy atom. The average Bonchev–Trinajstić information content (AvgIpc) is 2.55. The molecule has 0 radical (unpaired) electrons. The largest absolute Gasteiger partial charge is 0.301 e. The molecule has 0 saturated carbocycles. The normalized spacial score (nSPS) is 17.3. The van der Waals surface area contributed by atoms with Crippen LogP contribution in [-0.4, -0.2) is 32.7 Å². The molecule has 1 atom stereocenters. The van der Waals surface area contributed by atoms with Crippen LogP contribution in [0.4, 0.5) is 5.69 Å². The lowest BCUT2D eigenvalue weighted by Crippen LogP contribution is -2.31. The molecule has 8 heteroatoms. The molecule has 26 heavy (non-hydrogen) atoms. The first-order valence-electron chi connectivity index (χ1n) is 8.06. The number of hydrogen-bond donors (Lipinski definition) is 1. The van der Waals surface area contributed by atoms with Gasteiger partial charge >= 0.3 is 0 Å². The first-order chi connectivity index (χ1) is 11.8. The van der Waals surface area contributed by atoms with Gasteiger partial charge in [-0.3, -0.25) is 4.72 Å². The van der Waals surface area contributed by atoms with E-state index in [1.165, 1.54) is 0 Å². The van der Waals surface area contributed by atoms with Crippen molar-refractivity contribution in [3.8, 4) is 0 Å². The molecular formula is C18H21Cl3N2O2S. The molecule has 0 fully saturated rings. The van der Waals surface area contributed by atoms with Crippen molar-refractivity contribution in [3.63, 3.8) is 0 Å². The predicted molar refractivity (Wildman–Crippen MR) is 111 cm³/mol. The smallest absolute Gasteiger partial charge is 0.232 e. The second kappa shape index (κ2) is 8.36. The number of anilines is 1. The Balaban J connectivity index is 0.00000243. The van der Waals surface area contributed by atoms with Crippen LogP contribution in [0, 0.1) is 0 Å². The Hall–Kier alpha value is -0.980. The molecule has 1 aliphatic heterocycles. The zero-order valence-corrected chi connectivity index (χ0v) is 17.6. The van der Waals surface area contributed by atoms with Crippen LogP contribution < -0.4 is 4.72 Å². The zero-order chi connectivity index (χ0) is 18.2. The van der Waals surface area contributed by atoms with Gasteiger partial charge in [0, 0.05) is 34.7 Å². The van der Waals surface area contributed by atoms with E-state index in [1.807, 2.05) is 18.2 Å². The number of benzene rings is 2. The van der Waals surface area contributed by atoms with Gasteiger partial charge in [0.05, 0.1) is 5.75 Å². The van der Waals surface area contributed by atoms with E-state index in [9.17, 15) is 8.42 Å². The lowest BCUT2D eigenvalue weighted by atomic mass is 9.85. The first-order valence-corrected chi connectivity index (χ1v) is 10.5. The monoisotopic (exact) mass is 434 g/mol. The Kier molecular flexibility index (Phi) is 6.86. The van der Waals surface area contributed by atoms with E-state index in [-0.39, 0.29) is 24.1 Å². The Morgan fingerprint density at radius 3 is 2.46 bits per heavy atom. The summed E-state index contributed by atoms with van der Waals surface area (Å²) in [4.78, 5) is 2.22. The van der Waals surface area contributed by atoms with E-state index < -0.39 is 10.0 Å². The molecule has 0 aromatic heterocycles. The van der Waals surface area contributed by atoms with Crippen LogP contribution in [-0.2, 0) is 16.6 Å². The van der Waals surface area contributed by atoms with Gasteiger partial charge in [-0.1, -0.05) is 35.3 Å². The number of fused-ring (bicyclic) bond motifs is 1. The minimum Gasteiger partial charge on any atom is -0.301 e. The first kappa shape index (κ1) is 21.3. The van der Waals surface area contributed by atoms with Gasteiger partial charge in [0.1, 0.15) is 0 Å². The third-order valence-electron chi connectivity index (χ3n) is 4.46. The second-order valence-corrected chi connectivity index (χ2v) is 9.19. The summed E-state index contributed by atoms with van der Waals surface area (Å²) in [7, 11) is -1.21. The molecule has 4 nitrogen and oxygen atoms in total. The molecule has 1 unspecified atom stereocenters. The zero-order valence-electron chi connectivity index (χ0n) is 14.5. The maximum absolute atomic E-state index is 11.7. The standard InChI is InChI=1S/C18H20Cl2N2O2S.ClH/c1-3-25(23,24)21-14-6-4-12(5-7-14)16-10-22(2)11-17-15(16)8-13(19)9-18(17)20;/h4-9,16,21H,3,10-11H2,1-2H3;1H. The highest BCUT2D eigenvalue weighted by Crippen LogP contribution is 2.38. The van der Waals surface area contributed by atoms with Gasteiger partial charge in [-0.25, -0.2) is 8.42 Å². The number of hydrogen-bond acceptors (Lipinski definition) is 3. The lowest BCUT2D eigenvalue weighted by Gasteiger charge is -2.33. The lowest BCUT2D eigenvalue weighted by molar-refractivity contribution is 0.295. The molecule has 1 heterocycles. The highest BCUT2D eigenvalue weighted by atomic mass is 35.5. The Labute approximate surface area is 171 Å². The van der Waals surface area contributed by atoms with Crippen LogP contribution in [0.15, 0.2) is 36.4 Å². The highest BCUT2D eigenvalue weighted by molar-refractivity contribution is 7.92. The number of likely N-dealkylation sites (N-methyl/N-ethyl adjacent to an activating group) is 1. The van der Waals surface area contributed by atoms with Crippen LogP contribution in [0.1, 0.15) is 29.5 Å². The van der Waals surface area contributed by atoms with Crippen molar-refractivity contribution in [1.29, 1.82) is 0 Å². The number of sulfonamides is 1. The fourth-order valence-corrected chi connectivity index (χ4v) is 4.37. The molecular weight excluding hydrogens is 415 g/mol. The molecule has 2 aromatic carbocycles. The predicted octanol–water partition coefficient (Wildman–Crippen LogP) is 4.75. The summed E-state index contributed by atoms with van der Waals surface area (Å²) in [5.41, 5.74) is 3.91. The van der Waals surface area contributed by atoms with E-state index in [4.69, 9.17) is 23.2 Å². The van der Waals surface area contributed by atoms with E-state index in [0.29, 0.717) is 15.7 Å².